The van der Waals surface area contributed by atoms with E-state index in [1.54, 1.807) is 6.08 Å². The van der Waals surface area contributed by atoms with Crippen LogP contribution < -0.4 is 0 Å². The Kier molecular flexibility index (Phi) is 2.38. The van der Waals surface area contributed by atoms with Crippen molar-refractivity contribution >= 4 is 11.8 Å². The van der Waals surface area contributed by atoms with E-state index < -0.39 is 5.97 Å². The minimum Gasteiger partial charge on any atom is -0.480 e. The molecule has 11 heavy (non-hydrogen) atoms. The highest BCUT2D eigenvalue weighted by molar-refractivity contribution is 5.92. The minimum atomic E-state index is -1.02. The molecule has 0 heterocycles. The summed E-state index contributed by atoms with van der Waals surface area (Å²) in [7, 11) is 0. The summed E-state index contributed by atoms with van der Waals surface area (Å²) in [6.45, 7) is -0.345. The average molecular weight is 156 g/mol. The standard InChI is InChI=1S/C7H8O4/c8-5-1-2-6(3-5)11-4-7(9)10/h1-2,6H,3-4H2,(H,9,10). The fourth-order valence-corrected chi connectivity index (χ4v) is 0.842. The fourth-order valence-electron chi connectivity index (χ4n) is 0.842. The van der Waals surface area contributed by atoms with E-state index in [4.69, 9.17) is 9.84 Å². The van der Waals surface area contributed by atoms with E-state index in [9.17, 15) is 9.59 Å². The van der Waals surface area contributed by atoms with Crippen LogP contribution in [-0.2, 0) is 14.3 Å². The summed E-state index contributed by atoms with van der Waals surface area (Å²) in [4.78, 5) is 20.6. The first-order valence-electron chi connectivity index (χ1n) is 3.23. The number of carbonyl (C=O) groups is 2. The second-order valence-electron chi connectivity index (χ2n) is 2.27. The maximum absolute atomic E-state index is 10.6. The Morgan fingerprint density at radius 1 is 1.82 bits per heavy atom. The molecule has 1 atom stereocenters. The molecule has 0 saturated heterocycles. The van der Waals surface area contributed by atoms with Crippen molar-refractivity contribution in [1.29, 1.82) is 0 Å². The molecule has 1 aliphatic rings. The fraction of sp³-hybridized carbons (Fsp3) is 0.429. The van der Waals surface area contributed by atoms with Gasteiger partial charge in [-0.3, -0.25) is 4.79 Å². The molecular weight excluding hydrogens is 148 g/mol. The van der Waals surface area contributed by atoms with Crippen LogP contribution in [0.2, 0.25) is 0 Å². The third-order valence-electron chi connectivity index (χ3n) is 1.32. The summed E-state index contributed by atoms with van der Waals surface area (Å²) in [5.74, 6) is -1.03. The van der Waals surface area contributed by atoms with E-state index in [-0.39, 0.29) is 24.9 Å². The van der Waals surface area contributed by atoms with Crippen molar-refractivity contribution in [2.75, 3.05) is 6.61 Å². The van der Waals surface area contributed by atoms with Crippen molar-refractivity contribution in [3.8, 4) is 0 Å². The van der Waals surface area contributed by atoms with Crippen molar-refractivity contribution in [2.45, 2.75) is 12.5 Å². The van der Waals surface area contributed by atoms with Crippen molar-refractivity contribution < 1.29 is 19.4 Å². The highest BCUT2D eigenvalue weighted by atomic mass is 16.5. The molecule has 0 spiro atoms. The van der Waals surface area contributed by atoms with Crippen LogP contribution in [0.3, 0.4) is 0 Å². The highest BCUT2D eigenvalue weighted by Crippen LogP contribution is 2.09. The number of carboxylic acids is 1. The first kappa shape index (κ1) is 7.94. The van der Waals surface area contributed by atoms with Gasteiger partial charge in [-0.25, -0.2) is 4.79 Å². The van der Waals surface area contributed by atoms with Crippen LogP contribution in [0.5, 0.6) is 0 Å². The highest BCUT2D eigenvalue weighted by Gasteiger charge is 2.16. The van der Waals surface area contributed by atoms with Gasteiger partial charge in [-0.15, -0.1) is 0 Å². The lowest BCUT2D eigenvalue weighted by Gasteiger charge is -2.04. The summed E-state index contributed by atoms with van der Waals surface area (Å²) >= 11 is 0. The molecular formula is C7H8O4. The molecule has 0 bridgehead atoms. The number of carboxylic acid groups (broad SMARTS) is 1. The predicted octanol–water partition coefficient (Wildman–Crippen LogP) is -0.0148. The van der Waals surface area contributed by atoms with E-state index in [0.717, 1.165) is 0 Å². The zero-order valence-electron chi connectivity index (χ0n) is 5.82. The number of rotatable bonds is 3. The van der Waals surface area contributed by atoms with Crippen molar-refractivity contribution in [3.63, 3.8) is 0 Å². The first-order chi connectivity index (χ1) is 5.18. The van der Waals surface area contributed by atoms with Gasteiger partial charge in [0.1, 0.15) is 6.61 Å². The molecule has 1 rings (SSSR count). The van der Waals surface area contributed by atoms with Gasteiger partial charge in [0.25, 0.3) is 0 Å². The molecule has 0 aromatic heterocycles. The number of allylic oxidation sites excluding steroid dienone is 1. The zero-order valence-corrected chi connectivity index (χ0v) is 5.82. The monoisotopic (exact) mass is 156 g/mol. The van der Waals surface area contributed by atoms with E-state index in [2.05, 4.69) is 0 Å². The molecule has 1 unspecified atom stereocenters. The SMILES string of the molecule is O=C(O)COC1C=CC(=O)C1. The molecule has 60 valence electrons. The van der Waals surface area contributed by atoms with Gasteiger partial charge < -0.3 is 9.84 Å². The van der Waals surface area contributed by atoms with Crippen LogP contribution >= 0.6 is 0 Å². The third-order valence-corrected chi connectivity index (χ3v) is 1.32. The Bertz CT molecular complexity index is 206. The number of hydrogen-bond donors (Lipinski definition) is 1. The molecule has 0 amide bonds. The second-order valence-corrected chi connectivity index (χ2v) is 2.27. The van der Waals surface area contributed by atoms with Gasteiger partial charge in [0.05, 0.1) is 6.10 Å². The first-order valence-corrected chi connectivity index (χ1v) is 3.23. The summed E-state index contributed by atoms with van der Waals surface area (Å²) in [5, 5.41) is 8.21. The molecule has 1 aliphatic carbocycles. The van der Waals surface area contributed by atoms with Crippen molar-refractivity contribution in [3.05, 3.63) is 12.2 Å². The Morgan fingerprint density at radius 2 is 2.55 bits per heavy atom. The number of ether oxygens (including phenoxy) is 1. The number of carbonyl (C=O) groups excluding carboxylic acids is 1. The maximum atomic E-state index is 10.6. The molecule has 4 heteroatoms. The lowest BCUT2D eigenvalue weighted by molar-refractivity contribution is -0.143. The van der Waals surface area contributed by atoms with Crippen LogP contribution in [-0.4, -0.2) is 29.6 Å². The molecule has 0 radical (unpaired) electrons. The van der Waals surface area contributed by atoms with Gasteiger partial charge in [0.2, 0.25) is 0 Å². The largest absolute Gasteiger partial charge is 0.480 e. The molecule has 0 fully saturated rings. The van der Waals surface area contributed by atoms with Gasteiger partial charge >= 0.3 is 5.97 Å². The van der Waals surface area contributed by atoms with Gasteiger partial charge in [-0.2, -0.15) is 0 Å². The number of ketones is 1. The maximum Gasteiger partial charge on any atom is 0.329 e. The van der Waals surface area contributed by atoms with Crippen LogP contribution in [0.25, 0.3) is 0 Å². The third kappa shape index (κ3) is 2.51. The Hall–Kier alpha value is -1.16. The molecule has 0 aromatic carbocycles. The summed E-state index contributed by atoms with van der Waals surface area (Å²) in [6, 6.07) is 0. The molecule has 1 N–H and O–H groups in total. The average Bonchev–Trinajstić information content (AvgIpc) is 2.31. The summed E-state index contributed by atoms with van der Waals surface area (Å²) < 4.78 is 4.83. The van der Waals surface area contributed by atoms with Gasteiger partial charge in [0.15, 0.2) is 5.78 Å². The summed E-state index contributed by atoms with van der Waals surface area (Å²) in [6.07, 6.45) is 2.92. The van der Waals surface area contributed by atoms with Crippen LogP contribution in [0, 0.1) is 0 Å². The lowest BCUT2D eigenvalue weighted by Crippen LogP contribution is -2.15. The molecule has 0 aromatic rings. The van der Waals surface area contributed by atoms with E-state index in [1.165, 1.54) is 6.08 Å². The minimum absolute atomic E-state index is 0.0135. The van der Waals surface area contributed by atoms with Crippen LogP contribution in [0.4, 0.5) is 0 Å². The van der Waals surface area contributed by atoms with E-state index in [1.807, 2.05) is 0 Å². The van der Waals surface area contributed by atoms with Crippen molar-refractivity contribution in [2.24, 2.45) is 0 Å². The number of aliphatic carboxylic acids is 1. The summed E-state index contributed by atoms with van der Waals surface area (Å²) in [5.41, 5.74) is 0. The topological polar surface area (TPSA) is 63.6 Å². The molecule has 0 aliphatic heterocycles. The second kappa shape index (κ2) is 3.30. The number of hydrogen-bond acceptors (Lipinski definition) is 3. The van der Waals surface area contributed by atoms with Gasteiger partial charge in [-0.05, 0) is 6.08 Å². The van der Waals surface area contributed by atoms with Crippen LogP contribution in [0.15, 0.2) is 12.2 Å². The Labute approximate surface area is 63.5 Å². The quantitative estimate of drug-likeness (QED) is 0.624. The zero-order chi connectivity index (χ0) is 8.27. The van der Waals surface area contributed by atoms with Gasteiger partial charge in [-0.1, -0.05) is 6.08 Å². The Balaban J connectivity index is 2.24. The normalized spacial score (nSPS) is 22.5. The molecule has 0 saturated carbocycles. The predicted molar refractivity (Wildman–Crippen MR) is 36.1 cm³/mol. The van der Waals surface area contributed by atoms with Crippen LogP contribution in [0.1, 0.15) is 6.42 Å². The van der Waals surface area contributed by atoms with Gasteiger partial charge in [0, 0.05) is 6.42 Å². The van der Waals surface area contributed by atoms with Crippen molar-refractivity contribution in [1.82, 2.24) is 0 Å². The molecule has 4 nitrogen and oxygen atoms in total. The lowest BCUT2D eigenvalue weighted by atomic mass is 10.3. The Morgan fingerprint density at radius 3 is 3.00 bits per heavy atom. The van der Waals surface area contributed by atoms with E-state index >= 15 is 0 Å². The van der Waals surface area contributed by atoms with E-state index in [0.29, 0.717) is 0 Å². The smallest absolute Gasteiger partial charge is 0.329 e.